The molecule has 0 amide bonds. The Bertz CT molecular complexity index is 392. The minimum absolute atomic E-state index is 0.283. The molecule has 0 bridgehead atoms. The summed E-state index contributed by atoms with van der Waals surface area (Å²) in [5.74, 6) is -0.583. The Morgan fingerprint density at radius 2 is 2.47 bits per heavy atom. The van der Waals surface area contributed by atoms with E-state index in [-0.39, 0.29) is 17.8 Å². The van der Waals surface area contributed by atoms with E-state index in [0.717, 1.165) is 5.56 Å². The van der Waals surface area contributed by atoms with Gasteiger partial charge < -0.3 is 10.1 Å². The van der Waals surface area contributed by atoms with E-state index < -0.39 is 0 Å². The zero-order chi connectivity index (χ0) is 10.8. The van der Waals surface area contributed by atoms with Crippen molar-refractivity contribution >= 4 is 11.7 Å². The predicted molar refractivity (Wildman–Crippen MR) is 54.1 cm³/mol. The van der Waals surface area contributed by atoms with E-state index in [4.69, 9.17) is 4.74 Å². The van der Waals surface area contributed by atoms with E-state index in [9.17, 15) is 9.18 Å². The van der Waals surface area contributed by atoms with Crippen LogP contribution in [0.4, 0.5) is 10.1 Å². The molecule has 1 unspecified atom stereocenters. The summed E-state index contributed by atoms with van der Waals surface area (Å²) < 4.78 is 17.8. The summed E-state index contributed by atoms with van der Waals surface area (Å²) in [6.07, 6.45) is 0.564. The van der Waals surface area contributed by atoms with Crippen LogP contribution in [0.25, 0.3) is 0 Å². The van der Waals surface area contributed by atoms with E-state index in [1.165, 1.54) is 12.1 Å². The Kier molecular flexibility index (Phi) is 2.58. The second kappa shape index (κ2) is 3.88. The quantitative estimate of drug-likeness (QED) is 0.754. The molecular weight excluding hydrogens is 197 g/mol. The summed E-state index contributed by atoms with van der Waals surface area (Å²) in [5, 5.41) is 2.95. The second-order valence-electron chi connectivity index (χ2n) is 3.45. The average molecular weight is 209 g/mol. The average Bonchev–Trinajstić information content (AvgIpc) is 2.60. The van der Waals surface area contributed by atoms with Crippen molar-refractivity contribution in [3.05, 3.63) is 29.6 Å². The van der Waals surface area contributed by atoms with Crippen molar-refractivity contribution in [3.8, 4) is 0 Å². The minimum Gasteiger partial charge on any atom is -0.464 e. The maximum Gasteiger partial charge on any atom is 0.328 e. The number of esters is 1. The van der Waals surface area contributed by atoms with Gasteiger partial charge in [0.05, 0.1) is 6.61 Å². The van der Waals surface area contributed by atoms with E-state index >= 15 is 0 Å². The fourth-order valence-corrected chi connectivity index (χ4v) is 1.70. The van der Waals surface area contributed by atoms with Crippen LogP contribution in [-0.2, 0) is 16.0 Å². The lowest BCUT2D eigenvalue weighted by Crippen LogP contribution is -2.28. The van der Waals surface area contributed by atoms with Crippen LogP contribution in [0, 0.1) is 5.82 Å². The SMILES string of the molecule is CCOC(=O)C1Cc2ccc(F)cc2N1. The number of hydrogen-bond acceptors (Lipinski definition) is 3. The Balaban J connectivity index is 2.12. The first-order valence-electron chi connectivity index (χ1n) is 4.92. The number of hydrogen-bond donors (Lipinski definition) is 1. The molecule has 0 aromatic heterocycles. The molecular formula is C11H12FNO2. The third kappa shape index (κ3) is 1.93. The highest BCUT2D eigenvalue weighted by Gasteiger charge is 2.27. The number of benzene rings is 1. The van der Waals surface area contributed by atoms with Gasteiger partial charge in [-0.25, -0.2) is 9.18 Å². The van der Waals surface area contributed by atoms with Crippen molar-refractivity contribution in [1.82, 2.24) is 0 Å². The zero-order valence-electron chi connectivity index (χ0n) is 8.42. The fraction of sp³-hybridized carbons (Fsp3) is 0.364. The van der Waals surface area contributed by atoms with Crippen molar-refractivity contribution in [3.63, 3.8) is 0 Å². The molecule has 0 saturated heterocycles. The number of carbonyl (C=O) groups is 1. The normalized spacial score (nSPS) is 18.1. The molecule has 1 aromatic carbocycles. The molecule has 1 heterocycles. The molecule has 1 atom stereocenters. The molecule has 1 aromatic rings. The van der Waals surface area contributed by atoms with E-state index in [1.807, 2.05) is 0 Å². The highest BCUT2D eigenvalue weighted by atomic mass is 19.1. The van der Waals surface area contributed by atoms with E-state index in [0.29, 0.717) is 18.7 Å². The van der Waals surface area contributed by atoms with Gasteiger partial charge in [0, 0.05) is 12.1 Å². The molecule has 15 heavy (non-hydrogen) atoms. The molecule has 1 N–H and O–H groups in total. The number of fused-ring (bicyclic) bond motifs is 1. The van der Waals surface area contributed by atoms with Gasteiger partial charge in [-0.05, 0) is 24.6 Å². The summed E-state index contributed by atoms with van der Waals surface area (Å²) in [7, 11) is 0. The van der Waals surface area contributed by atoms with Crippen molar-refractivity contribution in [2.45, 2.75) is 19.4 Å². The highest BCUT2D eigenvalue weighted by molar-refractivity contribution is 5.82. The summed E-state index contributed by atoms with van der Waals surface area (Å²) >= 11 is 0. The van der Waals surface area contributed by atoms with Crippen LogP contribution in [-0.4, -0.2) is 18.6 Å². The first-order chi connectivity index (χ1) is 7.20. The summed E-state index contributed by atoms with van der Waals surface area (Å²) in [6.45, 7) is 2.13. The molecule has 3 nitrogen and oxygen atoms in total. The summed E-state index contributed by atoms with van der Waals surface area (Å²) in [4.78, 5) is 11.4. The topological polar surface area (TPSA) is 38.3 Å². The number of rotatable bonds is 2. The fourth-order valence-electron chi connectivity index (χ4n) is 1.70. The standard InChI is InChI=1S/C11H12FNO2/c1-2-15-11(14)10-5-7-3-4-8(12)6-9(7)13-10/h3-4,6,10,13H,2,5H2,1H3. The molecule has 4 heteroatoms. The van der Waals surface area contributed by atoms with Crippen LogP contribution in [0.15, 0.2) is 18.2 Å². The molecule has 80 valence electrons. The Morgan fingerprint density at radius 3 is 3.20 bits per heavy atom. The molecule has 0 saturated carbocycles. The van der Waals surface area contributed by atoms with Gasteiger partial charge in [-0.15, -0.1) is 0 Å². The molecule has 0 aliphatic carbocycles. The van der Waals surface area contributed by atoms with E-state index in [2.05, 4.69) is 5.32 Å². The Hall–Kier alpha value is -1.58. The molecule has 1 aliphatic rings. The van der Waals surface area contributed by atoms with Crippen LogP contribution >= 0.6 is 0 Å². The van der Waals surface area contributed by atoms with Crippen LogP contribution in [0.2, 0.25) is 0 Å². The molecule has 0 fully saturated rings. The van der Waals surface area contributed by atoms with Gasteiger partial charge in [-0.3, -0.25) is 0 Å². The van der Waals surface area contributed by atoms with Gasteiger partial charge in [0.25, 0.3) is 0 Å². The minimum atomic E-state index is -0.373. The van der Waals surface area contributed by atoms with Gasteiger partial charge in [0.1, 0.15) is 11.9 Å². The molecule has 0 radical (unpaired) electrons. The largest absolute Gasteiger partial charge is 0.464 e. The third-order valence-corrected chi connectivity index (χ3v) is 2.40. The number of nitrogens with one attached hydrogen (secondary N) is 1. The highest BCUT2D eigenvalue weighted by Crippen LogP contribution is 2.26. The lowest BCUT2D eigenvalue weighted by atomic mass is 10.1. The zero-order valence-corrected chi connectivity index (χ0v) is 8.42. The monoisotopic (exact) mass is 209 g/mol. The summed E-state index contributed by atoms with van der Waals surface area (Å²) in [6, 6.07) is 4.11. The maximum atomic E-state index is 12.9. The van der Waals surface area contributed by atoms with Crippen LogP contribution in [0.3, 0.4) is 0 Å². The molecule has 0 spiro atoms. The van der Waals surface area contributed by atoms with Gasteiger partial charge in [-0.2, -0.15) is 0 Å². The lowest BCUT2D eigenvalue weighted by Gasteiger charge is -2.09. The van der Waals surface area contributed by atoms with Crippen molar-refractivity contribution < 1.29 is 13.9 Å². The van der Waals surface area contributed by atoms with Gasteiger partial charge in [0.2, 0.25) is 0 Å². The predicted octanol–water partition coefficient (Wildman–Crippen LogP) is 1.73. The number of ether oxygens (including phenoxy) is 1. The summed E-state index contributed by atoms with van der Waals surface area (Å²) in [5.41, 5.74) is 1.64. The van der Waals surface area contributed by atoms with Crippen LogP contribution in [0.1, 0.15) is 12.5 Å². The maximum absolute atomic E-state index is 12.9. The van der Waals surface area contributed by atoms with Crippen molar-refractivity contribution in [1.29, 1.82) is 0 Å². The van der Waals surface area contributed by atoms with Crippen molar-refractivity contribution in [2.75, 3.05) is 11.9 Å². The first-order valence-corrected chi connectivity index (χ1v) is 4.92. The van der Waals surface area contributed by atoms with Gasteiger partial charge >= 0.3 is 5.97 Å². The second-order valence-corrected chi connectivity index (χ2v) is 3.45. The Morgan fingerprint density at radius 1 is 1.67 bits per heavy atom. The number of carbonyl (C=O) groups excluding carboxylic acids is 1. The lowest BCUT2D eigenvalue weighted by molar-refractivity contribution is -0.143. The van der Waals surface area contributed by atoms with Crippen molar-refractivity contribution in [2.24, 2.45) is 0 Å². The first kappa shape index (κ1) is 9.96. The smallest absolute Gasteiger partial charge is 0.328 e. The van der Waals surface area contributed by atoms with Crippen LogP contribution in [0.5, 0.6) is 0 Å². The van der Waals surface area contributed by atoms with Crippen LogP contribution < -0.4 is 5.32 Å². The molecule has 1 aliphatic heterocycles. The van der Waals surface area contributed by atoms with Gasteiger partial charge in [-0.1, -0.05) is 6.07 Å². The number of halogens is 1. The molecule has 2 rings (SSSR count). The number of anilines is 1. The van der Waals surface area contributed by atoms with Gasteiger partial charge in [0.15, 0.2) is 0 Å². The Labute approximate surface area is 87.2 Å². The third-order valence-electron chi connectivity index (χ3n) is 2.40. The van der Waals surface area contributed by atoms with E-state index in [1.54, 1.807) is 13.0 Å².